The van der Waals surface area contributed by atoms with Gasteiger partial charge in [-0.3, -0.25) is 9.69 Å². The van der Waals surface area contributed by atoms with Crippen molar-refractivity contribution in [2.24, 2.45) is 5.92 Å². The van der Waals surface area contributed by atoms with Gasteiger partial charge in [-0.05, 0) is 55.3 Å². The first-order valence-corrected chi connectivity index (χ1v) is 15.1. The van der Waals surface area contributed by atoms with E-state index in [4.69, 9.17) is 14.2 Å². The first-order valence-electron chi connectivity index (χ1n) is 15.1. The molecule has 0 unspecified atom stereocenters. The number of carbonyl (C=O) groups is 2. The first-order chi connectivity index (χ1) is 21.8. The number of nitrogens with one attached hydrogen (secondary N) is 2. The predicted octanol–water partition coefficient (Wildman–Crippen LogP) is 5.56. The number of benzene rings is 4. The van der Waals surface area contributed by atoms with E-state index in [9.17, 15) is 14.7 Å². The Balaban J connectivity index is 1.27. The SMILES string of the molecule is C[C@@H]1CN([C@@H](C)CO)C(=O)c2cccc(NC(=O)Nc3cccc4ccccc34)c2O[C@@H]1CN(C)Cc1ccc2c(c1)OCO2. The quantitative estimate of drug-likeness (QED) is 0.239. The molecule has 2 aliphatic heterocycles. The highest BCUT2D eigenvalue weighted by atomic mass is 16.7. The molecule has 3 N–H and O–H groups in total. The normalized spacial score (nSPS) is 18.2. The fraction of sp³-hybridized carbons (Fsp3) is 0.314. The lowest BCUT2D eigenvalue weighted by atomic mass is 9.98. The number of hydrogen-bond donors (Lipinski definition) is 3. The molecule has 234 valence electrons. The van der Waals surface area contributed by atoms with Crippen LogP contribution < -0.4 is 24.8 Å². The third kappa shape index (κ3) is 6.52. The van der Waals surface area contributed by atoms with Crippen molar-refractivity contribution in [3.8, 4) is 17.2 Å². The summed E-state index contributed by atoms with van der Waals surface area (Å²) >= 11 is 0. The van der Waals surface area contributed by atoms with Crippen LogP contribution in [0, 0.1) is 5.92 Å². The van der Waals surface area contributed by atoms with Gasteiger partial charge in [0.25, 0.3) is 5.91 Å². The van der Waals surface area contributed by atoms with Crippen molar-refractivity contribution in [1.82, 2.24) is 9.80 Å². The monoisotopic (exact) mass is 610 g/mol. The molecule has 10 heteroatoms. The smallest absolute Gasteiger partial charge is 0.323 e. The summed E-state index contributed by atoms with van der Waals surface area (Å²) < 4.78 is 17.7. The number of hydrogen-bond acceptors (Lipinski definition) is 7. The van der Waals surface area contributed by atoms with Gasteiger partial charge in [-0.15, -0.1) is 0 Å². The van der Waals surface area contributed by atoms with Crippen LogP contribution in [-0.2, 0) is 6.54 Å². The number of carbonyl (C=O) groups excluding carboxylic acids is 2. The molecule has 3 amide bonds. The van der Waals surface area contributed by atoms with Gasteiger partial charge in [0.1, 0.15) is 6.10 Å². The zero-order chi connectivity index (χ0) is 31.5. The average Bonchev–Trinajstić information content (AvgIpc) is 3.51. The number of para-hydroxylation sites is 1. The minimum Gasteiger partial charge on any atom is -0.486 e. The van der Waals surface area contributed by atoms with Crippen molar-refractivity contribution in [3.63, 3.8) is 0 Å². The summed E-state index contributed by atoms with van der Waals surface area (Å²) in [6, 6.07) is 23.8. The van der Waals surface area contributed by atoms with E-state index in [1.165, 1.54) is 0 Å². The van der Waals surface area contributed by atoms with Crippen molar-refractivity contribution in [1.29, 1.82) is 0 Å². The fourth-order valence-electron chi connectivity index (χ4n) is 5.89. The highest BCUT2D eigenvalue weighted by Gasteiger charge is 2.34. The van der Waals surface area contributed by atoms with E-state index >= 15 is 0 Å². The molecule has 45 heavy (non-hydrogen) atoms. The molecule has 0 aliphatic carbocycles. The largest absolute Gasteiger partial charge is 0.486 e. The van der Waals surface area contributed by atoms with Crippen LogP contribution in [-0.4, -0.2) is 72.5 Å². The lowest BCUT2D eigenvalue weighted by Crippen LogP contribution is -2.49. The van der Waals surface area contributed by atoms with E-state index in [1.807, 2.05) is 81.6 Å². The van der Waals surface area contributed by atoms with Gasteiger partial charge >= 0.3 is 6.03 Å². The lowest BCUT2D eigenvalue weighted by Gasteiger charge is -2.38. The third-order valence-corrected chi connectivity index (χ3v) is 8.36. The number of urea groups is 1. The van der Waals surface area contributed by atoms with E-state index in [2.05, 4.69) is 15.5 Å². The highest BCUT2D eigenvalue weighted by Crippen LogP contribution is 2.36. The summed E-state index contributed by atoms with van der Waals surface area (Å²) in [5.74, 6) is 1.42. The summed E-state index contributed by atoms with van der Waals surface area (Å²) in [5.41, 5.74) is 2.45. The number of likely N-dealkylation sites (N-methyl/N-ethyl adjacent to an activating group) is 1. The molecule has 0 aromatic heterocycles. The maximum absolute atomic E-state index is 13.8. The van der Waals surface area contributed by atoms with Crippen molar-refractivity contribution in [3.05, 3.63) is 90.0 Å². The lowest BCUT2D eigenvalue weighted by molar-refractivity contribution is 0.0343. The zero-order valence-corrected chi connectivity index (χ0v) is 25.7. The van der Waals surface area contributed by atoms with Crippen LogP contribution in [0.5, 0.6) is 17.2 Å². The Morgan fingerprint density at radius 2 is 1.73 bits per heavy atom. The summed E-state index contributed by atoms with van der Waals surface area (Å²) in [5, 5.41) is 17.8. The molecule has 6 rings (SSSR count). The molecule has 0 spiro atoms. The number of fused-ring (bicyclic) bond motifs is 3. The van der Waals surface area contributed by atoms with Gasteiger partial charge in [0.15, 0.2) is 17.2 Å². The van der Waals surface area contributed by atoms with Crippen LogP contribution in [0.4, 0.5) is 16.2 Å². The summed E-state index contributed by atoms with van der Waals surface area (Å²) in [4.78, 5) is 31.0. The molecule has 4 aromatic carbocycles. The average molecular weight is 611 g/mol. The number of ether oxygens (including phenoxy) is 3. The molecule has 0 bridgehead atoms. The maximum atomic E-state index is 13.8. The van der Waals surface area contributed by atoms with Crippen LogP contribution >= 0.6 is 0 Å². The standard InChI is InChI=1S/C35H38N4O6/c1-22-17-39(23(2)20-40)34(41)27-11-7-13-29(37-35(42)36-28-12-6-9-25-8-4-5-10-26(25)28)33(27)45-32(22)19-38(3)18-24-14-15-30-31(16-24)44-21-43-30/h4-16,22-23,32,40H,17-21H2,1-3H3,(H2,36,37,42)/t22-,23+,32-/m1/s1. The molecule has 0 saturated heterocycles. The molecular formula is C35H38N4O6. The molecule has 4 aromatic rings. The fourth-order valence-corrected chi connectivity index (χ4v) is 5.89. The first kappa shape index (κ1) is 30.2. The Hall–Kier alpha value is -4.80. The Kier molecular flexibility index (Phi) is 8.77. The van der Waals surface area contributed by atoms with Gasteiger partial charge in [-0.1, -0.05) is 55.5 Å². The number of rotatable bonds is 8. The minimum absolute atomic E-state index is 0.0899. The number of aliphatic hydroxyl groups is 1. The van der Waals surface area contributed by atoms with Crippen LogP contribution in [0.15, 0.2) is 78.9 Å². The third-order valence-electron chi connectivity index (χ3n) is 8.36. The van der Waals surface area contributed by atoms with E-state index in [0.29, 0.717) is 42.3 Å². The van der Waals surface area contributed by atoms with Crippen LogP contribution in [0.25, 0.3) is 10.8 Å². The number of nitrogens with zero attached hydrogens (tertiary/aromatic N) is 2. The molecule has 10 nitrogen and oxygen atoms in total. The topological polar surface area (TPSA) is 113 Å². The molecule has 0 saturated carbocycles. The van der Waals surface area contributed by atoms with Crippen molar-refractivity contribution in [2.75, 3.05) is 44.2 Å². The van der Waals surface area contributed by atoms with Gasteiger partial charge in [0.05, 0.1) is 29.6 Å². The Morgan fingerprint density at radius 3 is 2.58 bits per heavy atom. The number of anilines is 2. The zero-order valence-electron chi connectivity index (χ0n) is 25.7. The summed E-state index contributed by atoms with van der Waals surface area (Å²) in [6.07, 6.45) is -0.340. The Bertz CT molecular complexity index is 1710. The van der Waals surface area contributed by atoms with E-state index in [-0.39, 0.29) is 31.3 Å². The van der Waals surface area contributed by atoms with Gasteiger partial charge < -0.3 is 34.9 Å². The van der Waals surface area contributed by atoms with E-state index in [0.717, 1.165) is 27.8 Å². The number of amides is 3. The van der Waals surface area contributed by atoms with Crippen LogP contribution in [0.1, 0.15) is 29.8 Å². The van der Waals surface area contributed by atoms with Gasteiger partial charge in [0.2, 0.25) is 6.79 Å². The molecule has 3 atom stereocenters. The van der Waals surface area contributed by atoms with Crippen LogP contribution in [0.2, 0.25) is 0 Å². The van der Waals surface area contributed by atoms with Crippen LogP contribution in [0.3, 0.4) is 0 Å². The Morgan fingerprint density at radius 1 is 1.00 bits per heavy atom. The van der Waals surface area contributed by atoms with E-state index < -0.39 is 12.1 Å². The molecule has 2 heterocycles. The van der Waals surface area contributed by atoms with Gasteiger partial charge in [0, 0.05) is 30.9 Å². The second-order valence-electron chi connectivity index (χ2n) is 11.8. The minimum atomic E-state index is -0.456. The second-order valence-corrected chi connectivity index (χ2v) is 11.8. The van der Waals surface area contributed by atoms with Gasteiger partial charge in [-0.25, -0.2) is 4.79 Å². The van der Waals surface area contributed by atoms with E-state index in [1.54, 1.807) is 23.1 Å². The van der Waals surface area contributed by atoms with Crippen molar-refractivity contribution in [2.45, 2.75) is 32.5 Å². The Labute approximate surface area is 262 Å². The second kappa shape index (κ2) is 13.1. The number of aliphatic hydroxyl groups excluding tert-OH is 1. The predicted molar refractivity (Wildman–Crippen MR) is 173 cm³/mol. The highest BCUT2D eigenvalue weighted by molar-refractivity contribution is 6.08. The van der Waals surface area contributed by atoms with Crippen molar-refractivity contribution >= 4 is 34.1 Å². The molecule has 2 aliphatic rings. The summed E-state index contributed by atoms with van der Waals surface area (Å²) in [6.45, 7) is 5.50. The molecule has 0 fully saturated rings. The van der Waals surface area contributed by atoms with Crippen molar-refractivity contribution < 1.29 is 28.9 Å². The molecular weight excluding hydrogens is 572 g/mol. The summed E-state index contributed by atoms with van der Waals surface area (Å²) in [7, 11) is 2.02. The molecule has 0 radical (unpaired) electrons. The maximum Gasteiger partial charge on any atom is 0.323 e. The van der Waals surface area contributed by atoms with Gasteiger partial charge in [-0.2, -0.15) is 0 Å².